The van der Waals surface area contributed by atoms with Crippen molar-refractivity contribution in [2.24, 2.45) is 0 Å². The summed E-state index contributed by atoms with van der Waals surface area (Å²) in [6, 6.07) is 14.5. The maximum Gasteiger partial charge on any atom is 0.245 e. The summed E-state index contributed by atoms with van der Waals surface area (Å²) >= 11 is 0. The number of ether oxygens (including phenoxy) is 1. The fourth-order valence-electron chi connectivity index (χ4n) is 2.76. The van der Waals surface area contributed by atoms with E-state index in [2.05, 4.69) is 26.1 Å². The van der Waals surface area contributed by atoms with Crippen LogP contribution < -0.4 is 9.62 Å². The summed E-state index contributed by atoms with van der Waals surface area (Å²) in [5.41, 5.74) is 3.01. The molecule has 0 atom stereocenters. The molecule has 1 N–H and O–H groups in total. The van der Waals surface area contributed by atoms with Crippen molar-refractivity contribution in [2.75, 3.05) is 29.5 Å². The smallest absolute Gasteiger partial charge is 0.245 e. The number of methoxy groups -OCH3 is 1. The van der Waals surface area contributed by atoms with Crippen LogP contribution in [0.1, 0.15) is 31.9 Å². The third-order valence-corrected chi connectivity index (χ3v) is 5.37. The van der Waals surface area contributed by atoms with E-state index < -0.39 is 15.9 Å². The van der Waals surface area contributed by atoms with Gasteiger partial charge in [-0.2, -0.15) is 0 Å². The fourth-order valence-corrected chi connectivity index (χ4v) is 3.62. The molecule has 2 aromatic rings. The van der Waals surface area contributed by atoms with E-state index in [9.17, 15) is 13.2 Å². The summed E-state index contributed by atoms with van der Waals surface area (Å²) in [7, 11) is -2.02. The summed E-state index contributed by atoms with van der Waals surface area (Å²) in [5.74, 6) is -0.417. The topological polar surface area (TPSA) is 75.7 Å². The molecule has 0 heterocycles. The van der Waals surface area contributed by atoms with E-state index in [-0.39, 0.29) is 12.0 Å². The highest BCUT2D eigenvalue weighted by molar-refractivity contribution is 7.92. The van der Waals surface area contributed by atoms with Crippen LogP contribution in [0.3, 0.4) is 0 Å². The molecule has 0 aliphatic carbocycles. The number of amides is 1. The van der Waals surface area contributed by atoms with E-state index in [1.54, 1.807) is 31.4 Å². The highest BCUT2D eigenvalue weighted by Crippen LogP contribution is 2.26. The van der Waals surface area contributed by atoms with Gasteiger partial charge in [0.2, 0.25) is 15.9 Å². The number of carbonyl (C=O) groups is 1. The quantitative estimate of drug-likeness (QED) is 0.766. The third kappa shape index (κ3) is 6.07. The number of benzene rings is 2. The Labute approximate surface area is 167 Å². The Morgan fingerprint density at radius 3 is 2.29 bits per heavy atom. The first-order chi connectivity index (χ1) is 13.0. The van der Waals surface area contributed by atoms with Crippen molar-refractivity contribution in [3.05, 3.63) is 59.7 Å². The van der Waals surface area contributed by atoms with Gasteiger partial charge >= 0.3 is 0 Å². The predicted molar refractivity (Wildman–Crippen MR) is 113 cm³/mol. The highest BCUT2D eigenvalue weighted by atomic mass is 32.2. The number of nitrogens with one attached hydrogen (secondary N) is 1. The first kappa shape index (κ1) is 21.9. The van der Waals surface area contributed by atoms with Gasteiger partial charge in [-0.05, 0) is 40.8 Å². The van der Waals surface area contributed by atoms with Crippen LogP contribution in [0, 0.1) is 0 Å². The van der Waals surface area contributed by atoms with Gasteiger partial charge in [0.05, 0.1) is 18.6 Å². The van der Waals surface area contributed by atoms with Crippen molar-refractivity contribution in [1.82, 2.24) is 0 Å². The lowest BCUT2D eigenvalue weighted by Gasteiger charge is -2.24. The Bertz CT molecular complexity index is 916. The molecule has 0 saturated carbocycles. The zero-order valence-electron chi connectivity index (χ0n) is 17.0. The largest absolute Gasteiger partial charge is 0.380 e. The van der Waals surface area contributed by atoms with E-state index in [1.165, 1.54) is 0 Å². The maximum absolute atomic E-state index is 12.5. The van der Waals surface area contributed by atoms with Crippen molar-refractivity contribution < 1.29 is 17.9 Å². The Balaban J connectivity index is 2.18. The third-order valence-electron chi connectivity index (χ3n) is 4.23. The van der Waals surface area contributed by atoms with E-state index in [0.29, 0.717) is 18.0 Å². The SMILES string of the molecule is COCc1cccc(NC(=O)CN(c2ccc(C(C)(C)C)cc2)S(C)(=O)=O)c1. The van der Waals surface area contributed by atoms with Crippen LogP contribution in [0.15, 0.2) is 48.5 Å². The molecular formula is C21H28N2O4S. The van der Waals surface area contributed by atoms with Crippen molar-refractivity contribution in [3.63, 3.8) is 0 Å². The molecule has 1 amide bonds. The Hall–Kier alpha value is -2.38. The number of sulfonamides is 1. The summed E-state index contributed by atoms with van der Waals surface area (Å²) in [5, 5.41) is 2.75. The molecule has 0 radical (unpaired) electrons. The van der Waals surface area contributed by atoms with Crippen molar-refractivity contribution in [1.29, 1.82) is 0 Å². The molecule has 0 aliphatic heterocycles. The first-order valence-corrected chi connectivity index (χ1v) is 10.8. The zero-order chi connectivity index (χ0) is 20.9. The summed E-state index contributed by atoms with van der Waals surface area (Å²) in [6.07, 6.45) is 1.09. The fraction of sp³-hybridized carbons (Fsp3) is 0.381. The van der Waals surface area contributed by atoms with Crippen LogP contribution in [0.25, 0.3) is 0 Å². The van der Waals surface area contributed by atoms with Crippen molar-refractivity contribution in [2.45, 2.75) is 32.8 Å². The number of rotatable bonds is 7. The lowest BCUT2D eigenvalue weighted by molar-refractivity contribution is -0.114. The highest BCUT2D eigenvalue weighted by Gasteiger charge is 2.22. The Morgan fingerprint density at radius 1 is 1.11 bits per heavy atom. The number of carbonyl (C=O) groups excluding carboxylic acids is 1. The van der Waals surface area contributed by atoms with Gasteiger partial charge in [0.15, 0.2) is 0 Å². The van der Waals surface area contributed by atoms with Gasteiger partial charge in [-0.3, -0.25) is 9.10 Å². The van der Waals surface area contributed by atoms with Crippen LogP contribution in [-0.4, -0.2) is 34.2 Å². The van der Waals surface area contributed by atoms with Gasteiger partial charge in [-0.1, -0.05) is 45.0 Å². The molecule has 0 spiro atoms. The number of anilines is 2. The van der Waals surface area contributed by atoms with E-state index in [4.69, 9.17) is 4.74 Å². The molecule has 152 valence electrons. The lowest BCUT2D eigenvalue weighted by Crippen LogP contribution is -2.37. The maximum atomic E-state index is 12.5. The number of hydrogen-bond donors (Lipinski definition) is 1. The molecular weight excluding hydrogens is 376 g/mol. The normalized spacial score (nSPS) is 11.9. The van der Waals surface area contributed by atoms with E-state index in [1.807, 2.05) is 24.3 Å². The van der Waals surface area contributed by atoms with Crippen molar-refractivity contribution in [3.8, 4) is 0 Å². The van der Waals surface area contributed by atoms with Gasteiger partial charge in [-0.15, -0.1) is 0 Å². The lowest BCUT2D eigenvalue weighted by atomic mass is 9.87. The molecule has 0 unspecified atom stereocenters. The van der Waals surface area contributed by atoms with Gasteiger partial charge in [0.1, 0.15) is 6.54 Å². The minimum atomic E-state index is -3.62. The van der Waals surface area contributed by atoms with Gasteiger partial charge in [0, 0.05) is 12.8 Å². The predicted octanol–water partition coefficient (Wildman–Crippen LogP) is 3.54. The van der Waals surface area contributed by atoms with Crippen LogP contribution in [0.2, 0.25) is 0 Å². The standard InChI is InChI=1S/C21H28N2O4S/c1-21(2,3)17-9-11-19(12-10-17)23(28(5,25)26)14-20(24)22-18-8-6-7-16(13-18)15-27-4/h6-13H,14-15H2,1-5H3,(H,22,24). The van der Waals surface area contributed by atoms with E-state index in [0.717, 1.165) is 21.7 Å². The Morgan fingerprint density at radius 2 is 1.75 bits per heavy atom. The second-order valence-electron chi connectivity index (χ2n) is 7.75. The molecule has 0 aliphatic rings. The van der Waals surface area contributed by atoms with E-state index >= 15 is 0 Å². The number of nitrogens with zero attached hydrogens (tertiary/aromatic N) is 1. The molecule has 2 aromatic carbocycles. The van der Waals surface area contributed by atoms with Gasteiger partial charge < -0.3 is 10.1 Å². The average molecular weight is 405 g/mol. The van der Waals surface area contributed by atoms with Gasteiger partial charge in [0.25, 0.3) is 0 Å². The first-order valence-electron chi connectivity index (χ1n) is 8.96. The van der Waals surface area contributed by atoms with Crippen LogP contribution in [0.4, 0.5) is 11.4 Å². The molecule has 2 rings (SSSR count). The molecule has 28 heavy (non-hydrogen) atoms. The summed E-state index contributed by atoms with van der Waals surface area (Å²) in [6.45, 7) is 6.38. The summed E-state index contributed by atoms with van der Waals surface area (Å²) < 4.78 is 30.7. The number of hydrogen-bond acceptors (Lipinski definition) is 4. The molecule has 6 nitrogen and oxygen atoms in total. The molecule has 0 fully saturated rings. The molecule has 0 aromatic heterocycles. The van der Waals surface area contributed by atoms with Crippen LogP contribution in [0.5, 0.6) is 0 Å². The van der Waals surface area contributed by atoms with Crippen LogP contribution in [-0.2, 0) is 31.6 Å². The molecule has 0 saturated heterocycles. The minimum absolute atomic E-state index is 0.0426. The summed E-state index contributed by atoms with van der Waals surface area (Å²) in [4.78, 5) is 12.5. The van der Waals surface area contributed by atoms with Gasteiger partial charge in [-0.25, -0.2) is 8.42 Å². The average Bonchev–Trinajstić information content (AvgIpc) is 2.59. The molecule has 0 bridgehead atoms. The monoisotopic (exact) mass is 404 g/mol. The zero-order valence-corrected chi connectivity index (χ0v) is 17.8. The van der Waals surface area contributed by atoms with Crippen molar-refractivity contribution >= 4 is 27.3 Å². The second kappa shape index (κ2) is 8.75. The minimum Gasteiger partial charge on any atom is -0.380 e. The molecule has 7 heteroatoms. The second-order valence-corrected chi connectivity index (χ2v) is 9.65. The Kier molecular flexibility index (Phi) is 6.85. The van der Waals surface area contributed by atoms with Crippen LogP contribution >= 0.6 is 0 Å².